The first-order valence-electron chi connectivity index (χ1n) is 8.55. The van der Waals surface area contributed by atoms with E-state index in [0.717, 1.165) is 5.69 Å². The van der Waals surface area contributed by atoms with E-state index in [9.17, 15) is 13.9 Å². The van der Waals surface area contributed by atoms with E-state index in [0.29, 0.717) is 30.6 Å². The van der Waals surface area contributed by atoms with Gasteiger partial charge >= 0.3 is 0 Å². The van der Waals surface area contributed by atoms with Crippen LogP contribution in [0.15, 0.2) is 18.5 Å². The fourth-order valence-corrected chi connectivity index (χ4v) is 3.14. The quantitative estimate of drug-likeness (QED) is 0.743. The summed E-state index contributed by atoms with van der Waals surface area (Å²) in [5.41, 5.74) is 1.12. The molecular weight excluding hydrogens is 364 g/mol. The van der Waals surface area contributed by atoms with Crippen LogP contribution in [0.2, 0.25) is 5.15 Å². The van der Waals surface area contributed by atoms with Crippen molar-refractivity contribution in [3.05, 3.63) is 29.3 Å². The third kappa shape index (κ3) is 4.88. The van der Waals surface area contributed by atoms with E-state index >= 15 is 0 Å². The third-order valence-corrected chi connectivity index (χ3v) is 4.60. The summed E-state index contributed by atoms with van der Waals surface area (Å²) >= 11 is 5.98. The normalized spacial score (nSPS) is 19.7. The van der Waals surface area contributed by atoms with Crippen molar-refractivity contribution >= 4 is 17.3 Å². The van der Waals surface area contributed by atoms with Crippen molar-refractivity contribution in [2.45, 2.75) is 63.5 Å². The van der Waals surface area contributed by atoms with E-state index in [1.807, 2.05) is 0 Å². The van der Waals surface area contributed by atoms with Gasteiger partial charge in [-0.2, -0.15) is 0 Å². The fourth-order valence-electron chi connectivity index (χ4n) is 2.98. The minimum atomic E-state index is -2.63. The van der Waals surface area contributed by atoms with Crippen molar-refractivity contribution < 1.29 is 13.9 Å². The molecule has 142 valence electrons. The molecule has 0 amide bonds. The molecule has 0 spiro atoms. The van der Waals surface area contributed by atoms with Crippen LogP contribution in [0.5, 0.6) is 0 Å². The number of halogens is 3. The Hall–Kier alpha value is -1.80. The zero-order chi connectivity index (χ0) is 18.9. The molecular formula is C17H22ClF2N5O. The van der Waals surface area contributed by atoms with Crippen molar-refractivity contribution in [2.75, 3.05) is 5.32 Å². The van der Waals surface area contributed by atoms with Crippen LogP contribution in [0.25, 0.3) is 5.69 Å². The highest BCUT2D eigenvalue weighted by molar-refractivity contribution is 6.29. The Balaban J connectivity index is 1.79. The van der Waals surface area contributed by atoms with Crippen molar-refractivity contribution in [3.63, 3.8) is 0 Å². The highest BCUT2D eigenvalue weighted by Gasteiger charge is 2.39. The highest BCUT2D eigenvalue weighted by Crippen LogP contribution is 2.37. The van der Waals surface area contributed by atoms with Gasteiger partial charge in [-0.1, -0.05) is 16.8 Å². The summed E-state index contributed by atoms with van der Waals surface area (Å²) in [5, 5.41) is 21.4. The van der Waals surface area contributed by atoms with Crippen molar-refractivity contribution in [1.82, 2.24) is 20.0 Å². The molecule has 0 radical (unpaired) electrons. The van der Waals surface area contributed by atoms with Crippen molar-refractivity contribution in [3.8, 4) is 5.69 Å². The lowest BCUT2D eigenvalue weighted by molar-refractivity contribution is 0.00852. The van der Waals surface area contributed by atoms with Gasteiger partial charge in [-0.15, -0.1) is 5.10 Å². The molecule has 1 unspecified atom stereocenters. The van der Waals surface area contributed by atoms with E-state index < -0.39 is 11.5 Å². The molecule has 1 aliphatic carbocycles. The molecule has 0 aliphatic heterocycles. The number of aliphatic hydroxyl groups is 1. The number of anilines is 1. The number of nitrogens with one attached hydrogen (secondary N) is 1. The Morgan fingerprint density at radius 1 is 1.46 bits per heavy atom. The molecule has 3 rings (SSSR count). The topological polar surface area (TPSA) is 75.9 Å². The van der Waals surface area contributed by atoms with E-state index in [-0.39, 0.29) is 24.0 Å². The molecule has 1 aliphatic rings. The number of alkyl halides is 2. The van der Waals surface area contributed by atoms with Gasteiger partial charge in [0.15, 0.2) is 0 Å². The second kappa shape index (κ2) is 7.08. The lowest BCUT2D eigenvalue weighted by Crippen LogP contribution is -2.20. The largest absolute Gasteiger partial charge is 0.390 e. The summed E-state index contributed by atoms with van der Waals surface area (Å²) in [4.78, 5) is 4.06. The monoisotopic (exact) mass is 385 g/mol. The minimum absolute atomic E-state index is 0.122. The van der Waals surface area contributed by atoms with Crippen molar-refractivity contribution in [2.24, 2.45) is 0 Å². The maximum Gasteiger partial charge on any atom is 0.250 e. The molecule has 9 heteroatoms. The van der Waals surface area contributed by atoms with Gasteiger partial charge < -0.3 is 10.4 Å². The standard InChI is InChI=1S/C17H22ClF2N5O/c1-16(2,26)5-3-12-10-25(24-23-12)14-9-21-15(18)7-13(14)22-11-4-6-17(19,20)8-11/h7,9-11,26H,3-6,8H2,1-2H3,(H,21,22). The molecule has 2 aromatic rings. The number of hydrogen-bond acceptors (Lipinski definition) is 5. The van der Waals surface area contributed by atoms with Gasteiger partial charge in [-0.05, 0) is 33.1 Å². The average Bonchev–Trinajstić information content (AvgIpc) is 3.11. The molecule has 2 N–H and O–H groups in total. The molecule has 1 fully saturated rings. The van der Waals surface area contributed by atoms with E-state index in [1.165, 1.54) is 6.20 Å². The molecule has 26 heavy (non-hydrogen) atoms. The molecule has 0 aromatic carbocycles. The maximum atomic E-state index is 13.5. The van der Waals surface area contributed by atoms with Crippen LogP contribution in [0.1, 0.15) is 45.2 Å². The summed E-state index contributed by atoms with van der Waals surface area (Å²) in [5.74, 6) is -2.63. The lowest BCUT2D eigenvalue weighted by Gasteiger charge is -2.17. The number of hydrogen-bond donors (Lipinski definition) is 2. The predicted octanol–water partition coefficient (Wildman–Crippen LogP) is 3.62. The van der Waals surface area contributed by atoms with Gasteiger partial charge in [-0.25, -0.2) is 18.4 Å². The van der Waals surface area contributed by atoms with E-state index in [1.54, 1.807) is 30.8 Å². The van der Waals surface area contributed by atoms with E-state index in [2.05, 4.69) is 20.6 Å². The number of aromatic nitrogens is 4. The second-order valence-corrected chi connectivity index (χ2v) is 7.82. The number of rotatable bonds is 6. The fraction of sp³-hybridized carbons (Fsp3) is 0.588. The minimum Gasteiger partial charge on any atom is -0.390 e. The number of pyridine rings is 1. The zero-order valence-electron chi connectivity index (χ0n) is 14.7. The van der Waals surface area contributed by atoms with Gasteiger partial charge in [0.1, 0.15) is 10.8 Å². The molecule has 2 heterocycles. The summed E-state index contributed by atoms with van der Waals surface area (Å²) < 4.78 is 28.5. The van der Waals surface area contributed by atoms with Gasteiger partial charge in [0, 0.05) is 24.9 Å². The van der Waals surface area contributed by atoms with Crippen LogP contribution in [0, 0.1) is 0 Å². The zero-order valence-corrected chi connectivity index (χ0v) is 15.5. The predicted molar refractivity (Wildman–Crippen MR) is 95.0 cm³/mol. The van der Waals surface area contributed by atoms with Crippen molar-refractivity contribution in [1.29, 1.82) is 0 Å². The summed E-state index contributed by atoms with van der Waals surface area (Å²) in [7, 11) is 0. The van der Waals surface area contributed by atoms with Crippen LogP contribution >= 0.6 is 11.6 Å². The third-order valence-electron chi connectivity index (χ3n) is 4.39. The summed E-state index contributed by atoms with van der Waals surface area (Å²) in [6.45, 7) is 3.47. The van der Waals surface area contributed by atoms with Crippen LogP contribution in [-0.2, 0) is 6.42 Å². The maximum absolute atomic E-state index is 13.5. The SMILES string of the molecule is CC(C)(O)CCc1cn(-c2cnc(Cl)cc2NC2CCC(F)(F)C2)nn1. The lowest BCUT2D eigenvalue weighted by atomic mass is 10.0. The molecule has 0 saturated heterocycles. The Morgan fingerprint density at radius 3 is 2.88 bits per heavy atom. The van der Waals surface area contributed by atoms with Crippen LogP contribution in [-0.4, -0.2) is 42.6 Å². The van der Waals surface area contributed by atoms with Gasteiger partial charge in [0.2, 0.25) is 5.92 Å². The van der Waals surface area contributed by atoms with Crippen LogP contribution < -0.4 is 5.32 Å². The Morgan fingerprint density at radius 2 is 2.23 bits per heavy atom. The molecule has 6 nitrogen and oxygen atoms in total. The molecule has 2 aromatic heterocycles. The Labute approximate surface area is 155 Å². The highest BCUT2D eigenvalue weighted by atomic mass is 35.5. The summed E-state index contributed by atoms with van der Waals surface area (Å²) in [6.07, 6.45) is 4.45. The molecule has 0 bridgehead atoms. The second-order valence-electron chi connectivity index (χ2n) is 7.43. The Kier molecular flexibility index (Phi) is 5.16. The van der Waals surface area contributed by atoms with Gasteiger partial charge in [-0.3, -0.25) is 0 Å². The number of aryl methyl sites for hydroxylation is 1. The first-order chi connectivity index (χ1) is 12.1. The van der Waals surface area contributed by atoms with Crippen LogP contribution in [0.3, 0.4) is 0 Å². The van der Waals surface area contributed by atoms with Crippen LogP contribution in [0.4, 0.5) is 14.5 Å². The van der Waals surface area contributed by atoms with Gasteiger partial charge in [0.05, 0.1) is 29.4 Å². The average molecular weight is 386 g/mol. The smallest absolute Gasteiger partial charge is 0.250 e. The first-order valence-corrected chi connectivity index (χ1v) is 8.93. The molecule has 1 saturated carbocycles. The van der Waals surface area contributed by atoms with Gasteiger partial charge in [0.25, 0.3) is 0 Å². The summed E-state index contributed by atoms with van der Waals surface area (Å²) in [6, 6.07) is 1.27. The molecule has 1 atom stereocenters. The first kappa shape index (κ1) is 19.0. The van der Waals surface area contributed by atoms with E-state index in [4.69, 9.17) is 11.6 Å². The Bertz CT molecular complexity index is 775. The number of nitrogens with zero attached hydrogens (tertiary/aromatic N) is 4.